The van der Waals surface area contributed by atoms with Gasteiger partial charge >= 0.3 is 23.9 Å². The number of ether oxygens (including phenoxy) is 5. The monoisotopic (exact) mass is 448 g/mol. The maximum absolute atomic E-state index is 13.0. The van der Waals surface area contributed by atoms with Gasteiger partial charge in [0.1, 0.15) is 6.10 Å². The summed E-state index contributed by atoms with van der Waals surface area (Å²) in [6, 6.07) is 0. The van der Waals surface area contributed by atoms with E-state index in [0.29, 0.717) is 12.8 Å². The maximum atomic E-state index is 13.0. The van der Waals surface area contributed by atoms with Crippen LogP contribution >= 0.6 is 0 Å². The Hall–Kier alpha value is -2.94. The van der Waals surface area contributed by atoms with E-state index in [1.807, 2.05) is 6.92 Å². The molecule has 0 aromatic heterocycles. The number of rotatable bonds is 4. The fourth-order valence-corrected chi connectivity index (χ4v) is 3.98. The molecule has 32 heavy (non-hydrogen) atoms. The number of hydrogen-bond acceptors (Lipinski definition) is 9. The fraction of sp³-hybridized carbons (Fsp3) is 0.565. The quantitative estimate of drug-likeness (QED) is 0.209. The highest BCUT2D eigenvalue weighted by molar-refractivity contribution is 5.93. The predicted molar refractivity (Wildman–Crippen MR) is 110 cm³/mol. The van der Waals surface area contributed by atoms with Crippen molar-refractivity contribution in [2.45, 2.75) is 70.6 Å². The fourth-order valence-electron chi connectivity index (χ4n) is 3.98. The minimum Gasteiger partial charge on any atom is -0.466 e. The Bertz CT molecular complexity index is 914. The molecule has 0 amide bonds. The third-order valence-electron chi connectivity index (χ3n) is 6.07. The molecule has 3 rings (SSSR count). The minimum atomic E-state index is -1.34. The Morgan fingerprint density at radius 2 is 1.91 bits per heavy atom. The van der Waals surface area contributed by atoms with Crippen molar-refractivity contribution >= 4 is 23.9 Å². The van der Waals surface area contributed by atoms with Crippen molar-refractivity contribution in [3.63, 3.8) is 0 Å². The van der Waals surface area contributed by atoms with Crippen LogP contribution in [0.15, 0.2) is 35.5 Å². The van der Waals surface area contributed by atoms with E-state index in [2.05, 4.69) is 6.58 Å². The van der Waals surface area contributed by atoms with Crippen molar-refractivity contribution in [2.75, 3.05) is 7.11 Å². The van der Waals surface area contributed by atoms with Crippen molar-refractivity contribution in [3.05, 3.63) is 35.5 Å². The van der Waals surface area contributed by atoms with Crippen molar-refractivity contribution < 1.29 is 42.9 Å². The van der Waals surface area contributed by atoms with Gasteiger partial charge in [0.25, 0.3) is 0 Å². The summed E-state index contributed by atoms with van der Waals surface area (Å²) in [5.41, 5.74) is -0.216. The van der Waals surface area contributed by atoms with E-state index in [1.54, 1.807) is 26.0 Å². The molecule has 2 aliphatic heterocycles. The molecule has 9 heteroatoms. The van der Waals surface area contributed by atoms with Gasteiger partial charge in [-0.3, -0.25) is 4.79 Å². The summed E-state index contributed by atoms with van der Waals surface area (Å²) in [6.45, 7) is 10.2. The minimum absolute atomic E-state index is 0.0102. The standard InChI is InChI=1S/C23H28O9/c1-11-8-7-9-15(21(26)28-6)18(29-14(4)24)19(31-22(27)23(5)13(3)32-23)17-12(2)20(25)30-16(17)10-11/h9-10,13,16-19H,2,7-8H2,1,3-6H3/b11-10-,15-9+/t13-,16-,17-,18+,19+,23-/m1/s1. The second-order valence-electron chi connectivity index (χ2n) is 8.39. The lowest BCUT2D eigenvalue weighted by Crippen LogP contribution is -2.47. The molecule has 1 aliphatic carbocycles. The Morgan fingerprint density at radius 1 is 1.25 bits per heavy atom. The predicted octanol–water partition coefficient (Wildman–Crippen LogP) is 1.94. The number of esters is 4. The first kappa shape index (κ1) is 23.7. The average Bonchev–Trinajstić information content (AvgIpc) is 3.25. The molecule has 2 fully saturated rings. The van der Waals surface area contributed by atoms with Gasteiger partial charge in [0.2, 0.25) is 0 Å². The van der Waals surface area contributed by atoms with Crippen LogP contribution in [0, 0.1) is 5.92 Å². The first-order valence-corrected chi connectivity index (χ1v) is 10.4. The molecule has 2 saturated heterocycles. The van der Waals surface area contributed by atoms with E-state index in [-0.39, 0.29) is 17.3 Å². The maximum Gasteiger partial charge on any atom is 0.341 e. The van der Waals surface area contributed by atoms with E-state index in [1.165, 1.54) is 14.0 Å². The zero-order chi connectivity index (χ0) is 23.8. The first-order chi connectivity index (χ1) is 15.0. The molecule has 9 nitrogen and oxygen atoms in total. The molecule has 0 bridgehead atoms. The molecule has 6 atom stereocenters. The molecule has 174 valence electrons. The number of allylic oxidation sites excluding steroid dienone is 2. The molecule has 2 heterocycles. The van der Waals surface area contributed by atoms with Crippen LogP contribution in [0.4, 0.5) is 0 Å². The number of carbonyl (C=O) groups is 4. The van der Waals surface area contributed by atoms with E-state index in [4.69, 9.17) is 23.7 Å². The number of methoxy groups -OCH3 is 1. The van der Waals surface area contributed by atoms with E-state index in [0.717, 1.165) is 5.57 Å². The van der Waals surface area contributed by atoms with Gasteiger partial charge < -0.3 is 23.7 Å². The lowest BCUT2D eigenvalue weighted by molar-refractivity contribution is -0.173. The second-order valence-corrected chi connectivity index (χ2v) is 8.39. The highest BCUT2D eigenvalue weighted by atomic mass is 16.7. The van der Waals surface area contributed by atoms with Crippen molar-refractivity contribution in [1.29, 1.82) is 0 Å². The number of fused-ring (bicyclic) bond motifs is 1. The molecule has 0 N–H and O–H groups in total. The van der Waals surface area contributed by atoms with Crippen LogP contribution in [0.1, 0.15) is 40.5 Å². The van der Waals surface area contributed by atoms with Crippen LogP contribution in [-0.2, 0) is 42.9 Å². The molecule has 3 aliphatic rings. The lowest BCUT2D eigenvalue weighted by Gasteiger charge is -2.33. The number of carbonyl (C=O) groups excluding carboxylic acids is 4. The molecule has 0 unspecified atom stereocenters. The SMILES string of the molecule is C=C1C(=O)O[C@@H]2/C=C(/C)CC/C=C(/C(=O)OC)[C@H](OC(C)=O)[C@@H](OC(=O)[C@]3(C)O[C@@H]3C)[C@H]12. The lowest BCUT2D eigenvalue weighted by atomic mass is 9.83. The number of hydrogen-bond donors (Lipinski definition) is 0. The van der Waals surface area contributed by atoms with Gasteiger partial charge in [0.05, 0.1) is 24.7 Å². The Morgan fingerprint density at radius 3 is 2.47 bits per heavy atom. The Labute approximate surface area is 186 Å². The summed E-state index contributed by atoms with van der Waals surface area (Å²) >= 11 is 0. The normalized spacial score (nSPS) is 37.6. The summed E-state index contributed by atoms with van der Waals surface area (Å²) in [5, 5.41) is 0. The van der Waals surface area contributed by atoms with Gasteiger partial charge in [0.15, 0.2) is 17.8 Å². The van der Waals surface area contributed by atoms with Gasteiger partial charge in [-0.1, -0.05) is 18.2 Å². The van der Waals surface area contributed by atoms with Gasteiger partial charge in [-0.25, -0.2) is 14.4 Å². The van der Waals surface area contributed by atoms with E-state index < -0.39 is 53.7 Å². The van der Waals surface area contributed by atoms with Crippen molar-refractivity contribution in [3.8, 4) is 0 Å². The Kier molecular flexibility index (Phi) is 6.59. The summed E-state index contributed by atoms with van der Waals surface area (Å²) in [6.07, 6.45) is 0.540. The topological polar surface area (TPSA) is 118 Å². The summed E-state index contributed by atoms with van der Waals surface area (Å²) < 4.78 is 27.1. The molecule has 0 radical (unpaired) electrons. The van der Waals surface area contributed by atoms with Crippen LogP contribution < -0.4 is 0 Å². The van der Waals surface area contributed by atoms with E-state index in [9.17, 15) is 19.2 Å². The summed E-state index contributed by atoms with van der Waals surface area (Å²) in [5.74, 6) is -3.70. The van der Waals surface area contributed by atoms with Crippen LogP contribution in [0.5, 0.6) is 0 Å². The van der Waals surface area contributed by atoms with Crippen molar-refractivity contribution in [1.82, 2.24) is 0 Å². The number of epoxide rings is 1. The van der Waals surface area contributed by atoms with Crippen LogP contribution in [0.3, 0.4) is 0 Å². The average molecular weight is 448 g/mol. The third-order valence-corrected chi connectivity index (χ3v) is 6.07. The molecule has 0 saturated carbocycles. The first-order valence-electron chi connectivity index (χ1n) is 10.4. The van der Waals surface area contributed by atoms with Crippen LogP contribution in [0.25, 0.3) is 0 Å². The van der Waals surface area contributed by atoms with Gasteiger partial charge in [-0.15, -0.1) is 0 Å². The smallest absolute Gasteiger partial charge is 0.341 e. The van der Waals surface area contributed by atoms with Crippen LogP contribution in [0.2, 0.25) is 0 Å². The zero-order valence-electron chi connectivity index (χ0n) is 18.8. The largest absolute Gasteiger partial charge is 0.466 e. The van der Waals surface area contributed by atoms with E-state index >= 15 is 0 Å². The summed E-state index contributed by atoms with van der Waals surface area (Å²) in [4.78, 5) is 50.0. The van der Waals surface area contributed by atoms with Crippen molar-refractivity contribution in [2.24, 2.45) is 5.92 Å². The highest BCUT2D eigenvalue weighted by Gasteiger charge is 2.59. The molecular weight excluding hydrogens is 420 g/mol. The molecule has 0 aromatic rings. The molecular formula is C23H28O9. The van der Waals surface area contributed by atoms with Gasteiger partial charge in [-0.05, 0) is 39.7 Å². The second kappa shape index (κ2) is 8.90. The molecule has 0 spiro atoms. The molecule has 0 aromatic carbocycles. The Balaban J connectivity index is 2.14. The zero-order valence-corrected chi connectivity index (χ0v) is 18.8. The van der Waals surface area contributed by atoms with Gasteiger partial charge in [-0.2, -0.15) is 0 Å². The third kappa shape index (κ3) is 4.48. The summed E-state index contributed by atoms with van der Waals surface area (Å²) in [7, 11) is 1.20. The highest BCUT2D eigenvalue weighted by Crippen LogP contribution is 2.41. The van der Waals surface area contributed by atoms with Crippen LogP contribution in [-0.4, -0.2) is 61.0 Å². The van der Waals surface area contributed by atoms with Gasteiger partial charge in [0, 0.05) is 12.5 Å².